The molecule has 82 valence electrons. The van der Waals surface area contributed by atoms with Crippen molar-refractivity contribution in [1.29, 1.82) is 0 Å². The highest BCUT2D eigenvalue weighted by Gasteiger charge is 2.24. The van der Waals surface area contributed by atoms with Crippen LogP contribution in [0.1, 0.15) is 32.3 Å². The van der Waals surface area contributed by atoms with Crippen LogP contribution in [0.5, 0.6) is 11.6 Å². The van der Waals surface area contributed by atoms with Crippen LogP contribution in [-0.4, -0.2) is 17.2 Å². The molecule has 1 aromatic heterocycles. The van der Waals surface area contributed by atoms with Crippen molar-refractivity contribution in [3.8, 4) is 11.6 Å². The van der Waals surface area contributed by atoms with Gasteiger partial charge in [-0.1, -0.05) is 0 Å². The van der Waals surface area contributed by atoms with Crippen molar-refractivity contribution in [2.24, 2.45) is 0 Å². The van der Waals surface area contributed by atoms with E-state index in [-0.39, 0.29) is 6.10 Å². The number of nitrogens with zero attached hydrogens (tertiary/aromatic N) is 1. The maximum Gasteiger partial charge on any atom is 0.213 e. The van der Waals surface area contributed by atoms with E-state index in [1.807, 2.05) is 26.8 Å². The molecule has 1 fully saturated rings. The smallest absolute Gasteiger partial charge is 0.213 e. The molecule has 2 rings (SSSR count). The van der Waals surface area contributed by atoms with Gasteiger partial charge in [0.25, 0.3) is 0 Å². The maximum atomic E-state index is 5.70. The summed E-state index contributed by atoms with van der Waals surface area (Å²) in [5.74, 6) is 1.55. The molecule has 0 unspecified atom stereocenters. The normalized spacial score (nSPS) is 15.5. The van der Waals surface area contributed by atoms with E-state index >= 15 is 0 Å². The first-order valence-corrected chi connectivity index (χ1v) is 5.45. The molecular formula is C12H17NO2. The Morgan fingerprint density at radius 2 is 2.13 bits per heavy atom. The van der Waals surface area contributed by atoms with Crippen molar-refractivity contribution in [2.45, 2.75) is 45.8 Å². The lowest BCUT2D eigenvalue weighted by molar-refractivity contribution is 0.230. The van der Waals surface area contributed by atoms with Crippen LogP contribution in [0.3, 0.4) is 0 Å². The van der Waals surface area contributed by atoms with Crippen molar-refractivity contribution >= 4 is 0 Å². The van der Waals surface area contributed by atoms with Crippen LogP contribution in [0.4, 0.5) is 0 Å². The van der Waals surface area contributed by atoms with E-state index in [1.54, 1.807) is 6.20 Å². The van der Waals surface area contributed by atoms with Crippen molar-refractivity contribution < 1.29 is 9.47 Å². The number of hydrogen-bond acceptors (Lipinski definition) is 3. The molecule has 3 heteroatoms. The molecule has 0 aromatic carbocycles. The summed E-state index contributed by atoms with van der Waals surface area (Å²) in [6.45, 7) is 6.00. The molecule has 1 heterocycles. The molecule has 0 aliphatic heterocycles. The molecule has 0 bridgehead atoms. The molecular weight excluding hydrogens is 190 g/mol. The third-order valence-electron chi connectivity index (χ3n) is 2.21. The zero-order valence-electron chi connectivity index (χ0n) is 9.49. The first-order valence-electron chi connectivity index (χ1n) is 5.45. The fraction of sp³-hybridized carbons (Fsp3) is 0.583. The van der Waals surface area contributed by atoms with E-state index in [0.717, 1.165) is 11.3 Å². The van der Waals surface area contributed by atoms with Gasteiger partial charge < -0.3 is 9.47 Å². The largest absolute Gasteiger partial charge is 0.489 e. The third kappa shape index (κ3) is 2.85. The fourth-order valence-corrected chi connectivity index (χ4v) is 1.31. The summed E-state index contributed by atoms with van der Waals surface area (Å²) < 4.78 is 11.2. The van der Waals surface area contributed by atoms with E-state index in [2.05, 4.69) is 4.98 Å². The summed E-state index contributed by atoms with van der Waals surface area (Å²) in [5, 5.41) is 0. The molecule has 15 heavy (non-hydrogen) atoms. The van der Waals surface area contributed by atoms with E-state index in [9.17, 15) is 0 Å². The molecule has 0 amide bonds. The number of hydrogen-bond donors (Lipinski definition) is 0. The second-order valence-electron chi connectivity index (χ2n) is 4.27. The first-order chi connectivity index (χ1) is 7.15. The topological polar surface area (TPSA) is 31.4 Å². The van der Waals surface area contributed by atoms with Crippen LogP contribution in [-0.2, 0) is 0 Å². The van der Waals surface area contributed by atoms with Gasteiger partial charge in [-0.05, 0) is 39.2 Å². The molecule has 1 aromatic rings. The summed E-state index contributed by atoms with van der Waals surface area (Å²) in [7, 11) is 0. The average molecular weight is 207 g/mol. The fourth-order valence-electron chi connectivity index (χ4n) is 1.31. The second kappa shape index (κ2) is 4.09. The van der Waals surface area contributed by atoms with Gasteiger partial charge >= 0.3 is 0 Å². The molecule has 0 radical (unpaired) electrons. The lowest BCUT2D eigenvalue weighted by Gasteiger charge is -2.11. The van der Waals surface area contributed by atoms with E-state index in [0.29, 0.717) is 12.0 Å². The Morgan fingerprint density at radius 1 is 1.40 bits per heavy atom. The van der Waals surface area contributed by atoms with Crippen LogP contribution in [0.2, 0.25) is 0 Å². The quantitative estimate of drug-likeness (QED) is 0.760. The van der Waals surface area contributed by atoms with Crippen LogP contribution < -0.4 is 9.47 Å². The van der Waals surface area contributed by atoms with Crippen LogP contribution >= 0.6 is 0 Å². The van der Waals surface area contributed by atoms with Gasteiger partial charge in [0, 0.05) is 6.07 Å². The van der Waals surface area contributed by atoms with Gasteiger partial charge in [0.15, 0.2) is 0 Å². The summed E-state index contributed by atoms with van der Waals surface area (Å²) in [4.78, 5) is 4.21. The summed E-state index contributed by atoms with van der Waals surface area (Å²) in [5.41, 5.74) is 1.09. The van der Waals surface area contributed by atoms with Crippen LogP contribution in [0.15, 0.2) is 12.3 Å². The first kappa shape index (κ1) is 10.3. The van der Waals surface area contributed by atoms with E-state index < -0.39 is 0 Å². The zero-order chi connectivity index (χ0) is 10.8. The van der Waals surface area contributed by atoms with E-state index in [4.69, 9.17) is 9.47 Å². The monoisotopic (exact) mass is 207 g/mol. The lowest BCUT2D eigenvalue weighted by Crippen LogP contribution is -2.07. The summed E-state index contributed by atoms with van der Waals surface area (Å²) >= 11 is 0. The van der Waals surface area contributed by atoms with Gasteiger partial charge in [0.2, 0.25) is 5.88 Å². The number of aryl methyl sites for hydroxylation is 1. The molecule has 0 saturated heterocycles. The summed E-state index contributed by atoms with van der Waals surface area (Å²) in [6, 6.07) is 1.93. The molecule has 0 spiro atoms. The molecule has 1 aliphatic rings. The number of pyridine rings is 1. The minimum Gasteiger partial charge on any atom is -0.489 e. The molecule has 1 saturated carbocycles. The average Bonchev–Trinajstić information content (AvgIpc) is 2.92. The van der Waals surface area contributed by atoms with E-state index in [1.165, 1.54) is 12.8 Å². The Morgan fingerprint density at radius 3 is 2.67 bits per heavy atom. The minimum absolute atomic E-state index is 0.159. The van der Waals surface area contributed by atoms with Gasteiger partial charge in [-0.2, -0.15) is 0 Å². The van der Waals surface area contributed by atoms with Gasteiger partial charge in [0.05, 0.1) is 18.4 Å². The predicted molar refractivity (Wildman–Crippen MR) is 58.4 cm³/mol. The van der Waals surface area contributed by atoms with Gasteiger partial charge in [-0.25, -0.2) is 4.98 Å². The van der Waals surface area contributed by atoms with Crippen molar-refractivity contribution in [2.75, 3.05) is 0 Å². The van der Waals surface area contributed by atoms with Crippen LogP contribution in [0.25, 0.3) is 0 Å². The Kier molecular flexibility index (Phi) is 2.80. The number of rotatable bonds is 4. The second-order valence-corrected chi connectivity index (χ2v) is 4.27. The van der Waals surface area contributed by atoms with Crippen molar-refractivity contribution in [3.63, 3.8) is 0 Å². The van der Waals surface area contributed by atoms with Crippen molar-refractivity contribution in [3.05, 3.63) is 17.8 Å². The number of ether oxygens (including phenoxy) is 2. The molecule has 3 nitrogen and oxygen atoms in total. The Hall–Kier alpha value is -1.25. The highest BCUT2D eigenvalue weighted by atomic mass is 16.5. The lowest BCUT2D eigenvalue weighted by atomic mass is 10.3. The standard InChI is InChI=1S/C12H17NO2/c1-8(2)14-12-6-9(3)11(7-13-12)15-10-4-5-10/h6-8,10H,4-5H2,1-3H3. The molecule has 0 atom stereocenters. The van der Waals surface area contributed by atoms with Gasteiger partial charge in [-0.3, -0.25) is 0 Å². The van der Waals surface area contributed by atoms with Gasteiger partial charge in [-0.15, -0.1) is 0 Å². The third-order valence-corrected chi connectivity index (χ3v) is 2.21. The highest BCUT2D eigenvalue weighted by Crippen LogP contribution is 2.29. The maximum absolute atomic E-state index is 5.70. The van der Waals surface area contributed by atoms with Crippen molar-refractivity contribution in [1.82, 2.24) is 4.98 Å². The summed E-state index contributed by atoms with van der Waals surface area (Å²) in [6.07, 6.45) is 4.67. The molecule has 0 N–H and O–H groups in total. The van der Waals surface area contributed by atoms with Crippen LogP contribution in [0, 0.1) is 6.92 Å². The highest BCUT2D eigenvalue weighted by molar-refractivity contribution is 5.33. The van der Waals surface area contributed by atoms with Gasteiger partial charge in [0.1, 0.15) is 5.75 Å². The zero-order valence-corrected chi connectivity index (χ0v) is 9.49. The number of aromatic nitrogens is 1. The Bertz CT molecular complexity index is 345. The molecule has 1 aliphatic carbocycles. The SMILES string of the molecule is Cc1cc(OC(C)C)ncc1OC1CC1. The minimum atomic E-state index is 0.159. The Labute approximate surface area is 90.4 Å². The predicted octanol–water partition coefficient (Wildman–Crippen LogP) is 2.72. The Balaban J connectivity index is 2.07.